The van der Waals surface area contributed by atoms with Gasteiger partial charge < -0.3 is 15.1 Å². The molecule has 0 spiro atoms. The van der Waals surface area contributed by atoms with Gasteiger partial charge >= 0.3 is 0 Å². The number of nitrogens with one attached hydrogen (secondary N) is 1. The number of hydrogen-bond donors (Lipinski definition) is 1. The second kappa shape index (κ2) is 6.04. The Morgan fingerprint density at radius 2 is 1.85 bits per heavy atom. The summed E-state index contributed by atoms with van der Waals surface area (Å²) in [4.78, 5) is 5.00. The van der Waals surface area contributed by atoms with E-state index in [2.05, 4.69) is 53.4 Å². The molecule has 2 aliphatic rings. The Bertz CT molecular complexity index is 430. The average Bonchev–Trinajstić information content (AvgIpc) is 2.79. The fourth-order valence-electron chi connectivity index (χ4n) is 3.52. The number of benzene rings is 1. The number of para-hydroxylation sites is 2. The Kier molecular flexibility index (Phi) is 4.16. The first kappa shape index (κ1) is 13.7. The van der Waals surface area contributed by atoms with Crippen molar-refractivity contribution >= 4 is 11.4 Å². The minimum absolute atomic E-state index is 0.584. The van der Waals surface area contributed by atoms with Crippen molar-refractivity contribution in [3.05, 3.63) is 24.3 Å². The molecule has 0 bridgehead atoms. The van der Waals surface area contributed by atoms with Crippen LogP contribution < -0.4 is 10.2 Å². The molecule has 0 radical (unpaired) electrons. The number of piperidine rings is 1. The summed E-state index contributed by atoms with van der Waals surface area (Å²) in [5.41, 5.74) is 2.72. The van der Waals surface area contributed by atoms with Crippen molar-refractivity contribution < 1.29 is 0 Å². The number of likely N-dealkylation sites (N-methyl/N-ethyl adjacent to an activating group) is 1. The number of rotatable bonds is 3. The average molecular weight is 273 g/mol. The first-order valence-electron chi connectivity index (χ1n) is 8.05. The van der Waals surface area contributed by atoms with Gasteiger partial charge in [0.25, 0.3) is 0 Å². The van der Waals surface area contributed by atoms with E-state index in [-0.39, 0.29) is 0 Å². The van der Waals surface area contributed by atoms with Crippen LogP contribution in [-0.2, 0) is 0 Å². The topological polar surface area (TPSA) is 18.5 Å². The van der Waals surface area contributed by atoms with Gasteiger partial charge in [-0.2, -0.15) is 0 Å². The maximum absolute atomic E-state index is 3.78. The third-order valence-corrected chi connectivity index (χ3v) is 4.85. The highest BCUT2D eigenvalue weighted by atomic mass is 15.2. The van der Waals surface area contributed by atoms with Gasteiger partial charge in [0.15, 0.2) is 0 Å². The van der Waals surface area contributed by atoms with Gasteiger partial charge in [-0.1, -0.05) is 12.1 Å². The van der Waals surface area contributed by atoms with Crippen LogP contribution in [0.25, 0.3) is 0 Å². The minimum Gasteiger partial charge on any atom is -0.379 e. The third-order valence-electron chi connectivity index (χ3n) is 4.85. The highest BCUT2D eigenvalue weighted by Crippen LogP contribution is 2.30. The summed E-state index contributed by atoms with van der Waals surface area (Å²) in [5.74, 6) is 0. The molecular formula is C17H27N3. The molecule has 2 saturated heterocycles. The van der Waals surface area contributed by atoms with Crippen molar-refractivity contribution in [1.29, 1.82) is 0 Å². The van der Waals surface area contributed by atoms with Crippen LogP contribution in [0.15, 0.2) is 24.3 Å². The summed E-state index contributed by atoms with van der Waals surface area (Å²) < 4.78 is 0. The van der Waals surface area contributed by atoms with E-state index in [1.807, 2.05) is 0 Å². The smallest absolute Gasteiger partial charge is 0.0602 e. The predicted molar refractivity (Wildman–Crippen MR) is 86.6 cm³/mol. The minimum atomic E-state index is 0.584. The lowest BCUT2D eigenvalue weighted by atomic mass is 10.1. The third kappa shape index (κ3) is 2.93. The van der Waals surface area contributed by atoms with Crippen molar-refractivity contribution in [2.75, 3.05) is 36.9 Å². The number of hydrogen-bond acceptors (Lipinski definition) is 3. The Morgan fingerprint density at radius 1 is 1.10 bits per heavy atom. The Hall–Kier alpha value is -1.22. The summed E-state index contributed by atoms with van der Waals surface area (Å²) in [5, 5.41) is 3.78. The first-order valence-corrected chi connectivity index (χ1v) is 8.05. The van der Waals surface area contributed by atoms with Crippen LogP contribution in [0.3, 0.4) is 0 Å². The van der Waals surface area contributed by atoms with Crippen molar-refractivity contribution in [3.8, 4) is 0 Å². The maximum atomic E-state index is 3.78. The lowest BCUT2D eigenvalue weighted by Gasteiger charge is -2.31. The molecule has 2 heterocycles. The van der Waals surface area contributed by atoms with Gasteiger partial charge in [0.2, 0.25) is 0 Å². The Labute approximate surface area is 123 Å². The zero-order chi connectivity index (χ0) is 13.9. The Balaban J connectivity index is 1.72. The molecule has 20 heavy (non-hydrogen) atoms. The van der Waals surface area contributed by atoms with E-state index in [4.69, 9.17) is 0 Å². The lowest BCUT2D eigenvalue weighted by molar-refractivity contribution is 0.330. The fraction of sp³-hybridized carbons (Fsp3) is 0.647. The molecule has 1 aromatic rings. The molecule has 2 fully saturated rings. The molecule has 2 unspecified atom stereocenters. The largest absolute Gasteiger partial charge is 0.379 e. The number of likely N-dealkylation sites (tertiary alicyclic amines) is 1. The van der Waals surface area contributed by atoms with Crippen LogP contribution in [0.2, 0.25) is 0 Å². The van der Waals surface area contributed by atoms with Gasteiger partial charge in [-0.25, -0.2) is 0 Å². The van der Waals surface area contributed by atoms with Crippen LogP contribution in [-0.4, -0.2) is 43.7 Å². The quantitative estimate of drug-likeness (QED) is 0.912. The van der Waals surface area contributed by atoms with Gasteiger partial charge in [0.1, 0.15) is 0 Å². The van der Waals surface area contributed by atoms with Crippen LogP contribution in [0, 0.1) is 0 Å². The van der Waals surface area contributed by atoms with Crippen LogP contribution in [0.5, 0.6) is 0 Å². The molecule has 2 aliphatic heterocycles. The first-order chi connectivity index (χ1) is 9.74. The molecular weight excluding hydrogens is 246 g/mol. The SMILES string of the molecule is CC1CC(Nc2ccccc2N2CCCCC2)CN1C. The number of anilines is 2. The molecule has 0 aromatic heterocycles. The molecule has 0 saturated carbocycles. The molecule has 110 valence electrons. The van der Waals surface area contributed by atoms with Gasteiger partial charge in [0.05, 0.1) is 11.4 Å². The monoisotopic (exact) mass is 273 g/mol. The molecule has 3 nitrogen and oxygen atoms in total. The van der Waals surface area contributed by atoms with Crippen molar-refractivity contribution in [2.45, 2.75) is 44.7 Å². The van der Waals surface area contributed by atoms with E-state index in [1.54, 1.807) is 0 Å². The van der Waals surface area contributed by atoms with Crippen molar-refractivity contribution in [2.24, 2.45) is 0 Å². The summed E-state index contributed by atoms with van der Waals surface area (Å²) in [7, 11) is 2.23. The van der Waals surface area contributed by atoms with E-state index in [9.17, 15) is 0 Å². The van der Waals surface area contributed by atoms with E-state index in [0.29, 0.717) is 12.1 Å². The molecule has 2 atom stereocenters. The fourth-order valence-corrected chi connectivity index (χ4v) is 3.52. The maximum Gasteiger partial charge on any atom is 0.0602 e. The summed E-state index contributed by atoms with van der Waals surface area (Å²) in [6, 6.07) is 10.1. The van der Waals surface area contributed by atoms with Crippen LogP contribution in [0.4, 0.5) is 11.4 Å². The normalized spacial score (nSPS) is 27.8. The standard InChI is InChI=1S/C17H27N3/c1-14-12-15(13-19(14)2)18-16-8-4-5-9-17(16)20-10-6-3-7-11-20/h4-5,8-9,14-15,18H,3,6-7,10-13H2,1-2H3. The number of nitrogens with zero attached hydrogens (tertiary/aromatic N) is 2. The van der Waals surface area contributed by atoms with Crippen LogP contribution >= 0.6 is 0 Å². The van der Waals surface area contributed by atoms with E-state index >= 15 is 0 Å². The highest BCUT2D eigenvalue weighted by Gasteiger charge is 2.26. The summed E-state index contributed by atoms with van der Waals surface area (Å²) in [6.07, 6.45) is 5.29. The lowest BCUT2D eigenvalue weighted by Crippen LogP contribution is -2.31. The molecule has 0 amide bonds. The van der Waals surface area contributed by atoms with Crippen molar-refractivity contribution in [1.82, 2.24) is 4.90 Å². The molecule has 3 rings (SSSR count). The molecule has 0 aliphatic carbocycles. The van der Waals surface area contributed by atoms with Crippen molar-refractivity contribution in [3.63, 3.8) is 0 Å². The van der Waals surface area contributed by atoms with Gasteiger partial charge in [-0.3, -0.25) is 0 Å². The second-order valence-corrected chi connectivity index (χ2v) is 6.43. The summed E-state index contributed by atoms with van der Waals surface area (Å²) >= 11 is 0. The second-order valence-electron chi connectivity index (χ2n) is 6.43. The van der Waals surface area contributed by atoms with Crippen LogP contribution in [0.1, 0.15) is 32.6 Å². The Morgan fingerprint density at radius 3 is 2.55 bits per heavy atom. The summed E-state index contributed by atoms with van der Waals surface area (Å²) in [6.45, 7) is 5.88. The van der Waals surface area contributed by atoms with E-state index < -0.39 is 0 Å². The zero-order valence-electron chi connectivity index (χ0n) is 12.8. The zero-order valence-corrected chi connectivity index (χ0v) is 12.8. The highest BCUT2D eigenvalue weighted by molar-refractivity contribution is 5.70. The molecule has 1 aromatic carbocycles. The molecule has 1 N–H and O–H groups in total. The van der Waals surface area contributed by atoms with Gasteiger partial charge in [-0.05, 0) is 51.8 Å². The van der Waals surface area contributed by atoms with Gasteiger partial charge in [-0.15, -0.1) is 0 Å². The molecule has 3 heteroatoms. The van der Waals surface area contributed by atoms with Gasteiger partial charge in [0, 0.05) is 31.7 Å². The van der Waals surface area contributed by atoms with E-state index in [1.165, 1.54) is 50.1 Å². The predicted octanol–water partition coefficient (Wildman–Crippen LogP) is 3.18. The van der Waals surface area contributed by atoms with E-state index in [0.717, 1.165) is 6.54 Å².